The van der Waals surface area contributed by atoms with Gasteiger partial charge in [0.05, 0.1) is 4.92 Å². The van der Waals surface area contributed by atoms with Crippen LogP contribution in [0, 0.1) is 10.1 Å². The molecule has 0 aliphatic rings. The van der Waals surface area contributed by atoms with Crippen LogP contribution < -0.4 is 0 Å². The molecule has 0 unspecified atom stereocenters. The van der Waals surface area contributed by atoms with Crippen LogP contribution in [0.15, 0.2) is 24.3 Å². The molecular formula is C10H11NO3S. The van der Waals surface area contributed by atoms with E-state index < -0.39 is 4.92 Å². The van der Waals surface area contributed by atoms with E-state index in [9.17, 15) is 10.1 Å². The van der Waals surface area contributed by atoms with Gasteiger partial charge in [0.1, 0.15) is 0 Å². The van der Waals surface area contributed by atoms with Gasteiger partial charge in [0.2, 0.25) is 0 Å². The fourth-order valence-corrected chi connectivity index (χ4v) is 1.37. The number of rotatable bonds is 5. The van der Waals surface area contributed by atoms with Crippen LogP contribution in [-0.2, 0) is 6.42 Å². The molecule has 80 valence electrons. The number of nitro benzene ring substituents is 1. The van der Waals surface area contributed by atoms with Crippen molar-refractivity contribution < 1.29 is 10.0 Å². The third-order valence-electron chi connectivity index (χ3n) is 2.00. The van der Waals surface area contributed by atoms with Crippen LogP contribution in [0.4, 0.5) is 5.69 Å². The van der Waals surface area contributed by atoms with Gasteiger partial charge in [-0.05, 0) is 30.6 Å². The van der Waals surface area contributed by atoms with E-state index in [1.54, 1.807) is 12.1 Å². The molecule has 0 spiro atoms. The van der Waals surface area contributed by atoms with Gasteiger partial charge in [-0.1, -0.05) is 12.1 Å². The molecular weight excluding hydrogens is 214 g/mol. The van der Waals surface area contributed by atoms with Crippen molar-refractivity contribution in [3.63, 3.8) is 0 Å². The SMILES string of the molecule is O=[N+]([O-])c1ccc(CCCC(O)=S)cc1. The average molecular weight is 225 g/mol. The molecule has 1 aromatic carbocycles. The number of nitrogens with zero attached hydrogens (tertiary/aromatic N) is 1. The summed E-state index contributed by atoms with van der Waals surface area (Å²) in [6, 6.07) is 6.40. The lowest BCUT2D eigenvalue weighted by molar-refractivity contribution is -0.384. The molecule has 0 aromatic heterocycles. The van der Waals surface area contributed by atoms with Gasteiger partial charge < -0.3 is 5.11 Å². The maximum absolute atomic E-state index is 10.4. The third-order valence-corrected chi connectivity index (χ3v) is 2.21. The Labute approximate surface area is 92.7 Å². The smallest absolute Gasteiger partial charge is 0.269 e. The maximum Gasteiger partial charge on any atom is 0.269 e. The van der Waals surface area contributed by atoms with Crippen LogP contribution >= 0.6 is 12.2 Å². The molecule has 0 fully saturated rings. The normalized spacial score (nSPS) is 9.87. The Morgan fingerprint density at radius 1 is 1.40 bits per heavy atom. The molecule has 0 radical (unpaired) electrons. The minimum absolute atomic E-state index is 0.0110. The van der Waals surface area contributed by atoms with Crippen molar-refractivity contribution in [3.05, 3.63) is 39.9 Å². The highest BCUT2D eigenvalue weighted by atomic mass is 32.1. The summed E-state index contributed by atoms with van der Waals surface area (Å²) in [5.41, 5.74) is 1.10. The number of aliphatic hydroxyl groups excluding tert-OH is 1. The average Bonchev–Trinajstić information content (AvgIpc) is 2.18. The lowest BCUT2D eigenvalue weighted by Gasteiger charge is -1.99. The number of hydrogen-bond acceptors (Lipinski definition) is 3. The van der Waals surface area contributed by atoms with Crippen molar-refractivity contribution >= 4 is 23.0 Å². The third kappa shape index (κ3) is 4.03. The second-order valence-electron chi connectivity index (χ2n) is 3.17. The summed E-state index contributed by atoms with van der Waals surface area (Å²) in [6.07, 6.45) is 2.01. The number of aryl methyl sites for hydroxylation is 1. The molecule has 0 saturated carbocycles. The molecule has 0 aliphatic carbocycles. The Balaban J connectivity index is 2.50. The van der Waals surface area contributed by atoms with Gasteiger partial charge in [0.15, 0.2) is 5.05 Å². The maximum atomic E-state index is 10.4. The highest BCUT2D eigenvalue weighted by Crippen LogP contribution is 2.13. The van der Waals surface area contributed by atoms with Crippen LogP contribution in [0.3, 0.4) is 0 Å². The van der Waals surface area contributed by atoms with E-state index in [1.165, 1.54) is 12.1 Å². The molecule has 1 aromatic rings. The topological polar surface area (TPSA) is 63.4 Å². The fraction of sp³-hybridized carbons (Fsp3) is 0.300. The number of benzene rings is 1. The van der Waals surface area contributed by atoms with Gasteiger partial charge in [-0.15, -0.1) is 0 Å². The van der Waals surface area contributed by atoms with E-state index in [-0.39, 0.29) is 10.7 Å². The first-order valence-electron chi connectivity index (χ1n) is 4.54. The first kappa shape index (κ1) is 11.6. The van der Waals surface area contributed by atoms with Gasteiger partial charge in [0, 0.05) is 18.6 Å². The van der Waals surface area contributed by atoms with Gasteiger partial charge >= 0.3 is 0 Å². The molecule has 0 atom stereocenters. The van der Waals surface area contributed by atoms with Crippen LogP contribution in [0.25, 0.3) is 0 Å². The Hall–Kier alpha value is -1.49. The summed E-state index contributed by atoms with van der Waals surface area (Å²) >= 11 is 4.53. The summed E-state index contributed by atoms with van der Waals surface area (Å²) < 4.78 is 0. The molecule has 0 saturated heterocycles. The first-order chi connectivity index (χ1) is 7.09. The van der Waals surface area contributed by atoms with E-state index in [1.807, 2.05) is 0 Å². The molecule has 0 aliphatic heterocycles. The minimum atomic E-state index is -0.424. The summed E-state index contributed by atoms with van der Waals surface area (Å²) in [5, 5.41) is 19.2. The van der Waals surface area contributed by atoms with E-state index in [4.69, 9.17) is 5.11 Å². The number of thiocarbonyl (C=S) groups is 1. The highest BCUT2D eigenvalue weighted by molar-refractivity contribution is 7.80. The van der Waals surface area contributed by atoms with E-state index in [0.717, 1.165) is 18.4 Å². The summed E-state index contributed by atoms with van der Waals surface area (Å²) in [5.74, 6) is 0. The van der Waals surface area contributed by atoms with Crippen LogP contribution in [0.5, 0.6) is 0 Å². The van der Waals surface area contributed by atoms with Gasteiger partial charge in [-0.3, -0.25) is 10.1 Å². The zero-order valence-corrected chi connectivity index (χ0v) is 8.87. The molecule has 15 heavy (non-hydrogen) atoms. The number of nitro groups is 1. The van der Waals surface area contributed by atoms with E-state index in [0.29, 0.717) is 6.42 Å². The highest BCUT2D eigenvalue weighted by Gasteiger charge is 2.03. The quantitative estimate of drug-likeness (QED) is 0.475. The van der Waals surface area contributed by atoms with Crippen molar-refractivity contribution in [2.45, 2.75) is 19.3 Å². The predicted molar refractivity (Wildman–Crippen MR) is 61.3 cm³/mol. The molecule has 0 heterocycles. The fourth-order valence-electron chi connectivity index (χ4n) is 1.23. The molecule has 0 bridgehead atoms. The van der Waals surface area contributed by atoms with Crippen molar-refractivity contribution in [2.24, 2.45) is 0 Å². The van der Waals surface area contributed by atoms with Gasteiger partial charge in [-0.25, -0.2) is 0 Å². The zero-order valence-electron chi connectivity index (χ0n) is 8.05. The van der Waals surface area contributed by atoms with Gasteiger partial charge in [-0.2, -0.15) is 0 Å². The Morgan fingerprint density at radius 3 is 2.47 bits per heavy atom. The largest absolute Gasteiger partial charge is 0.502 e. The zero-order chi connectivity index (χ0) is 11.3. The Morgan fingerprint density at radius 2 is 2.00 bits per heavy atom. The molecule has 1 N–H and O–H groups in total. The Bertz CT molecular complexity index is 361. The minimum Gasteiger partial charge on any atom is -0.502 e. The Kier molecular flexibility index (Phi) is 4.17. The van der Waals surface area contributed by atoms with E-state index >= 15 is 0 Å². The van der Waals surface area contributed by atoms with Crippen LogP contribution in [0.1, 0.15) is 18.4 Å². The summed E-state index contributed by atoms with van der Waals surface area (Å²) in [6.45, 7) is 0. The standard InChI is InChI=1S/C10H11NO3S/c12-10(15)3-1-2-8-4-6-9(7-5-8)11(13)14/h4-7H,1-3H2,(H,12,15). The monoisotopic (exact) mass is 225 g/mol. The molecule has 0 amide bonds. The lowest BCUT2D eigenvalue weighted by atomic mass is 10.1. The van der Waals surface area contributed by atoms with Crippen molar-refractivity contribution in [1.82, 2.24) is 0 Å². The lowest BCUT2D eigenvalue weighted by Crippen LogP contribution is -1.94. The molecule has 5 heteroatoms. The van der Waals surface area contributed by atoms with E-state index in [2.05, 4.69) is 12.2 Å². The van der Waals surface area contributed by atoms with Crippen molar-refractivity contribution in [2.75, 3.05) is 0 Å². The number of hydrogen-bond donors (Lipinski definition) is 1. The second kappa shape index (κ2) is 5.41. The second-order valence-corrected chi connectivity index (χ2v) is 3.64. The number of aliphatic hydroxyl groups is 1. The first-order valence-corrected chi connectivity index (χ1v) is 4.95. The van der Waals surface area contributed by atoms with Crippen LogP contribution in [-0.4, -0.2) is 15.1 Å². The number of non-ortho nitro benzene ring substituents is 1. The summed E-state index contributed by atoms with van der Waals surface area (Å²) in [7, 11) is 0. The van der Waals surface area contributed by atoms with Crippen molar-refractivity contribution in [1.29, 1.82) is 0 Å². The molecule has 4 nitrogen and oxygen atoms in total. The molecule has 1 rings (SSSR count). The van der Waals surface area contributed by atoms with Gasteiger partial charge in [0.25, 0.3) is 5.69 Å². The van der Waals surface area contributed by atoms with Crippen molar-refractivity contribution in [3.8, 4) is 0 Å². The predicted octanol–water partition coefficient (Wildman–Crippen LogP) is 2.80. The summed E-state index contributed by atoms with van der Waals surface area (Å²) in [4.78, 5) is 9.95. The van der Waals surface area contributed by atoms with Crippen LogP contribution in [0.2, 0.25) is 0 Å².